The zero-order chi connectivity index (χ0) is 12.3. The van der Waals surface area contributed by atoms with E-state index in [9.17, 15) is 4.79 Å². The molecule has 3 N–H and O–H groups in total. The number of pyridine rings is 1. The van der Waals surface area contributed by atoms with Crippen LogP contribution in [0, 0.1) is 0 Å². The minimum atomic E-state index is -0.0884. The molecular formula is C12H18N4O. The number of hydrogen-bond acceptors (Lipinski definition) is 4. The van der Waals surface area contributed by atoms with Gasteiger partial charge in [-0.3, -0.25) is 14.7 Å². The first-order valence-corrected chi connectivity index (χ1v) is 5.87. The number of aromatic nitrogens is 1. The van der Waals surface area contributed by atoms with Gasteiger partial charge in [-0.1, -0.05) is 6.07 Å². The lowest BCUT2D eigenvalue weighted by Gasteiger charge is -2.33. The van der Waals surface area contributed by atoms with Crippen LogP contribution in [0.25, 0.3) is 0 Å². The summed E-state index contributed by atoms with van der Waals surface area (Å²) in [5.74, 6) is 0.0921. The number of hydrogen-bond donors (Lipinski definition) is 2. The van der Waals surface area contributed by atoms with Crippen molar-refractivity contribution in [2.45, 2.75) is 26.1 Å². The van der Waals surface area contributed by atoms with Gasteiger partial charge in [-0.05, 0) is 18.6 Å². The molecule has 1 aromatic rings. The fraction of sp³-hybridized carbons (Fsp3) is 0.500. The number of piperazine rings is 1. The summed E-state index contributed by atoms with van der Waals surface area (Å²) in [6.45, 7) is 4.67. The molecule has 1 aromatic heterocycles. The second kappa shape index (κ2) is 5.25. The number of nitrogens with two attached hydrogens (primary N) is 1. The van der Waals surface area contributed by atoms with Gasteiger partial charge in [0.1, 0.15) is 0 Å². The molecule has 2 rings (SSSR count). The number of amides is 1. The third kappa shape index (κ3) is 2.62. The molecule has 1 aliphatic rings. The molecule has 1 aliphatic heterocycles. The third-order valence-electron chi connectivity index (χ3n) is 3.18. The lowest BCUT2D eigenvalue weighted by molar-refractivity contribution is -0.128. The van der Waals surface area contributed by atoms with E-state index in [1.54, 1.807) is 6.20 Å². The Morgan fingerprint density at radius 3 is 3.24 bits per heavy atom. The molecule has 1 saturated heterocycles. The summed E-state index contributed by atoms with van der Waals surface area (Å²) in [5.41, 5.74) is 7.67. The maximum Gasteiger partial charge on any atom is 0.237 e. The fourth-order valence-corrected chi connectivity index (χ4v) is 2.06. The van der Waals surface area contributed by atoms with Crippen molar-refractivity contribution in [3.63, 3.8) is 0 Å². The van der Waals surface area contributed by atoms with Crippen molar-refractivity contribution in [3.05, 3.63) is 29.6 Å². The second-order valence-electron chi connectivity index (χ2n) is 4.25. The largest absolute Gasteiger partial charge is 0.353 e. The van der Waals surface area contributed by atoms with Crippen LogP contribution in [0.2, 0.25) is 0 Å². The molecule has 2 heterocycles. The van der Waals surface area contributed by atoms with Gasteiger partial charge >= 0.3 is 0 Å². The van der Waals surface area contributed by atoms with Gasteiger partial charge in [0.2, 0.25) is 5.91 Å². The molecule has 0 saturated carbocycles. The fourth-order valence-electron chi connectivity index (χ4n) is 2.06. The van der Waals surface area contributed by atoms with E-state index in [2.05, 4.69) is 15.2 Å². The Kier molecular flexibility index (Phi) is 3.71. The predicted octanol–water partition coefficient (Wildman–Crippen LogP) is -0.139. The van der Waals surface area contributed by atoms with Crippen LogP contribution in [0.5, 0.6) is 0 Å². The molecule has 92 valence electrons. The van der Waals surface area contributed by atoms with Gasteiger partial charge in [0.25, 0.3) is 0 Å². The number of carbonyl (C=O) groups excluding carboxylic acids is 1. The summed E-state index contributed by atoms with van der Waals surface area (Å²) in [6.07, 6.45) is 1.75. The topological polar surface area (TPSA) is 71.2 Å². The number of rotatable bonds is 3. The molecule has 0 radical (unpaired) electrons. The smallest absolute Gasteiger partial charge is 0.237 e. The number of carbonyl (C=O) groups is 1. The Morgan fingerprint density at radius 1 is 1.65 bits per heavy atom. The normalized spacial score (nSPS) is 21.3. The van der Waals surface area contributed by atoms with Crippen LogP contribution in [-0.4, -0.2) is 34.9 Å². The van der Waals surface area contributed by atoms with Gasteiger partial charge in [0, 0.05) is 32.4 Å². The minimum Gasteiger partial charge on any atom is -0.353 e. The van der Waals surface area contributed by atoms with Gasteiger partial charge in [-0.2, -0.15) is 0 Å². The highest BCUT2D eigenvalue weighted by atomic mass is 16.2. The summed E-state index contributed by atoms with van der Waals surface area (Å²) in [4.78, 5) is 18.0. The second-order valence-corrected chi connectivity index (χ2v) is 4.25. The van der Waals surface area contributed by atoms with E-state index in [0.29, 0.717) is 13.1 Å². The van der Waals surface area contributed by atoms with Crippen molar-refractivity contribution in [3.8, 4) is 0 Å². The maximum absolute atomic E-state index is 11.6. The van der Waals surface area contributed by atoms with Crippen molar-refractivity contribution in [2.24, 2.45) is 5.73 Å². The van der Waals surface area contributed by atoms with Crippen LogP contribution in [-0.2, 0) is 17.9 Å². The summed E-state index contributed by atoms with van der Waals surface area (Å²) in [5, 5.41) is 2.86. The van der Waals surface area contributed by atoms with E-state index in [0.717, 1.165) is 24.3 Å². The number of nitrogens with one attached hydrogen (secondary N) is 1. The first-order valence-electron chi connectivity index (χ1n) is 5.87. The molecule has 0 aliphatic carbocycles. The van der Waals surface area contributed by atoms with Crippen molar-refractivity contribution < 1.29 is 4.79 Å². The summed E-state index contributed by atoms with van der Waals surface area (Å²) in [6, 6.07) is 3.84. The van der Waals surface area contributed by atoms with E-state index >= 15 is 0 Å². The van der Waals surface area contributed by atoms with Crippen LogP contribution in [0.3, 0.4) is 0 Å². The lowest BCUT2D eigenvalue weighted by atomic mass is 10.1. The molecular weight excluding hydrogens is 216 g/mol. The minimum absolute atomic E-state index is 0.0884. The van der Waals surface area contributed by atoms with Crippen molar-refractivity contribution >= 4 is 5.91 Å². The highest BCUT2D eigenvalue weighted by molar-refractivity contribution is 5.81. The molecule has 0 aromatic carbocycles. The molecule has 17 heavy (non-hydrogen) atoms. The van der Waals surface area contributed by atoms with E-state index in [1.807, 2.05) is 19.1 Å². The average Bonchev–Trinajstić information content (AvgIpc) is 2.35. The van der Waals surface area contributed by atoms with E-state index in [4.69, 9.17) is 5.73 Å². The predicted molar refractivity (Wildman–Crippen MR) is 65.0 cm³/mol. The molecule has 1 atom stereocenters. The van der Waals surface area contributed by atoms with Crippen LogP contribution in [0.15, 0.2) is 18.3 Å². The standard InChI is InChI=1S/C12H18N4O/c1-9-12(17)15-5-6-16(9)8-10-3-2-4-14-11(10)7-13/h2-4,9H,5-8,13H2,1H3,(H,15,17). The van der Waals surface area contributed by atoms with Crippen LogP contribution in [0.4, 0.5) is 0 Å². The average molecular weight is 234 g/mol. The van der Waals surface area contributed by atoms with Gasteiger partial charge < -0.3 is 11.1 Å². The van der Waals surface area contributed by atoms with E-state index in [-0.39, 0.29) is 11.9 Å². The van der Waals surface area contributed by atoms with Crippen LogP contribution < -0.4 is 11.1 Å². The molecule has 5 nitrogen and oxygen atoms in total. The van der Waals surface area contributed by atoms with E-state index in [1.165, 1.54) is 0 Å². The highest BCUT2D eigenvalue weighted by Gasteiger charge is 2.25. The quantitative estimate of drug-likeness (QED) is 0.763. The van der Waals surface area contributed by atoms with Gasteiger partial charge in [-0.25, -0.2) is 0 Å². The molecule has 0 spiro atoms. The zero-order valence-electron chi connectivity index (χ0n) is 10.0. The lowest BCUT2D eigenvalue weighted by Crippen LogP contribution is -2.53. The Balaban J connectivity index is 2.12. The highest BCUT2D eigenvalue weighted by Crippen LogP contribution is 2.12. The summed E-state index contributed by atoms with van der Waals surface area (Å²) >= 11 is 0. The Hall–Kier alpha value is -1.46. The third-order valence-corrected chi connectivity index (χ3v) is 3.18. The van der Waals surface area contributed by atoms with Gasteiger partial charge in [0.15, 0.2) is 0 Å². The molecule has 1 unspecified atom stereocenters. The summed E-state index contributed by atoms with van der Waals surface area (Å²) in [7, 11) is 0. The Bertz CT molecular complexity index is 407. The SMILES string of the molecule is CC1C(=O)NCCN1Cc1cccnc1CN. The Morgan fingerprint density at radius 2 is 2.47 bits per heavy atom. The van der Waals surface area contributed by atoms with Crippen LogP contribution >= 0.6 is 0 Å². The van der Waals surface area contributed by atoms with Crippen molar-refractivity contribution in [2.75, 3.05) is 13.1 Å². The van der Waals surface area contributed by atoms with Crippen molar-refractivity contribution in [1.29, 1.82) is 0 Å². The Labute approximate surface area is 101 Å². The molecule has 1 amide bonds. The first kappa shape index (κ1) is 12.0. The monoisotopic (exact) mass is 234 g/mol. The van der Waals surface area contributed by atoms with Gasteiger partial charge in [-0.15, -0.1) is 0 Å². The first-order chi connectivity index (χ1) is 8.22. The van der Waals surface area contributed by atoms with E-state index < -0.39 is 0 Å². The van der Waals surface area contributed by atoms with Crippen molar-refractivity contribution in [1.82, 2.24) is 15.2 Å². The number of nitrogens with zero attached hydrogens (tertiary/aromatic N) is 2. The van der Waals surface area contributed by atoms with Gasteiger partial charge in [0.05, 0.1) is 11.7 Å². The van der Waals surface area contributed by atoms with Crippen LogP contribution in [0.1, 0.15) is 18.2 Å². The molecule has 0 bridgehead atoms. The molecule has 1 fully saturated rings. The zero-order valence-corrected chi connectivity index (χ0v) is 10.0. The summed E-state index contributed by atoms with van der Waals surface area (Å²) < 4.78 is 0. The maximum atomic E-state index is 11.6. The molecule has 5 heteroatoms.